The van der Waals surface area contributed by atoms with Crippen LogP contribution in [-0.4, -0.2) is 20.8 Å². The highest BCUT2D eigenvalue weighted by Crippen LogP contribution is 2.20. The molecule has 0 fully saturated rings. The van der Waals surface area contributed by atoms with Gasteiger partial charge in [0.25, 0.3) is 0 Å². The van der Waals surface area contributed by atoms with Crippen molar-refractivity contribution in [2.75, 3.05) is 5.32 Å². The van der Waals surface area contributed by atoms with E-state index in [4.69, 9.17) is 0 Å². The van der Waals surface area contributed by atoms with Crippen LogP contribution < -0.4 is 10.6 Å². The maximum absolute atomic E-state index is 13.1. The fourth-order valence-electron chi connectivity index (χ4n) is 2.97. The Morgan fingerprint density at radius 2 is 1.66 bits per heavy atom. The van der Waals surface area contributed by atoms with Crippen LogP contribution in [0.2, 0.25) is 0 Å². The number of amides is 2. The molecular weight excluding hydrogens is 376 g/mol. The molecular formula is C21H17F2N5O. The smallest absolute Gasteiger partial charge is 0.320 e. The van der Waals surface area contributed by atoms with Gasteiger partial charge in [0.15, 0.2) is 0 Å². The Hall–Kier alpha value is -3.81. The van der Waals surface area contributed by atoms with E-state index in [1.807, 2.05) is 0 Å². The van der Waals surface area contributed by atoms with Crippen LogP contribution in [0, 0.1) is 11.6 Å². The van der Waals surface area contributed by atoms with Gasteiger partial charge < -0.3 is 5.32 Å². The zero-order valence-corrected chi connectivity index (χ0v) is 15.4. The minimum Gasteiger partial charge on any atom is -0.331 e. The van der Waals surface area contributed by atoms with Crippen LogP contribution in [0.4, 0.5) is 19.4 Å². The maximum atomic E-state index is 13.1. The molecule has 146 valence electrons. The molecule has 0 bridgehead atoms. The summed E-state index contributed by atoms with van der Waals surface area (Å²) in [5.41, 5.74) is 2.21. The summed E-state index contributed by atoms with van der Waals surface area (Å²) in [6.45, 7) is 1.80. The normalized spacial score (nSPS) is 12.0. The number of fused-ring (bicyclic) bond motifs is 1. The molecule has 2 N–H and O–H groups in total. The standard InChI is InChI=1S/C21H17F2N5O/c1-13(14-2-4-16(22)5-3-14)26-21(29)27-20-10-15-11-25-28(19(15)12-24-20)18-8-6-17(23)7-9-18/h2-13H,1H3,(H2,24,26,27,29). The van der Waals surface area contributed by atoms with Crippen molar-refractivity contribution in [3.05, 3.63) is 84.2 Å². The highest BCUT2D eigenvalue weighted by Gasteiger charge is 2.12. The van der Waals surface area contributed by atoms with Gasteiger partial charge in [0.1, 0.15) is 17.5 Å². The third-order valence-electron chi connectivity index (χ3n) is 4.48. The number of benzene rings is 2. The van der Waals surface area contributed by atoms with Gasteiger partial charge in [0.2, 0.25) is 0 Å². The van der Waals surface area contributed by atoms with Crippen molar-refractivity contribution < 1.29 is 13.6 Å². The molecule has 2 heterocycles. The lowest BCUT2D eigenvalue weighted by atomic mass is 10.1. The maximum Gasteiger partial charge on any atom is 0.320 e. The molecule has 8 heteroatoms. The topological polar surface area (TPSA) is 71.8 Å². The molecule has 0 saturated carbocycles. The van der Waals surface area contributed by atoms with E-state index in [0.717, 1.165) is 16.5 Å². The van der Waals surface area contributed by atoms with Crippen LogP contribution in [0.15, 0.2) is 67.0 Å². The Labute approximate surface area is 165 Å². The second kappa shape index (κ2) is 7.67. The second-order valence-electron chi connectivity index (χ2n) is 6.53. The number of hydrogen-bond acceptors (Lipinski definition) is 3. The number of carbonyl (C=O) groups excluding carboxylic acids is 1. The fourth-order valence-corrected chi connectivity index (χ4v) is 2.97. The SMILES string of the molecule is CC(NC(=O)Nc1cc2cnn(-c3ccc(F)cc3)c2cn1)c1ccc(F)cc1. The van der Waals surface area contributed by atoms with Crippen molar-refractivity contribution in [3.63, 3.8) is 0 Å². The Bertz CT molecular complexity index is 1160. The minimum atomic E-state index is -0.431. The van der Waals surface area contributed by atoms with Crippen molar-refractivity contribution in [3.8, 4) is 5.69 Å². The minimum absolute atomic E-state index is 0.305. The van der Waals surface area contributed by atoms with Crippen LogP contribution >= 0.6 is 0 Å². The van der Waals surface area contributed by atoms with Crippen LogP contribution in [-0.2, 0) is 0 Å². The molecule has 6 nitrogen and oxygen atoms in total. The quantitative estimate of drug-likeness (QED) is 0.533. The number of nitrogens with zero attached hydrogens (tertiary/aromatic N) is 3. The van der Waals surface area contributed by atoms with Gasteiger partial charge in [-0.05, 0) is 55.0 Å². The van der Waals surface area contributed by atoms with E-state index in [2.05, 4.69) is 20.7 Å². The lowest BCUT2D eigenvalue weighted by Crippen LogP contribution is -2.31. The van der Waals surface area contributed by atoms with Gasteiger partial charge in [-0.3, -0.25) is 5.32 Å². The van der Waals surface area contributed by atoms with E-state index in [0.29, 0.717) is 11.5 Å². The van der Waals surface area contributed by atoms with Crippen LogP contribution in [0.1, 0.15) is 18.5 Å². The van der Waals surface area contributed by atoms with Crippen molar-refractivity contribution in [2.24, 2.45) is 0 Å². The Kier molecular flexibility index (Phi) is 4.90. The largest absolute Gasteiger partial charge is 0.331 e. The van der Waals surface area contributed by atoms with Gasteiger partial charge >= 0.3 is 6.03 Å². The number of urea groups is 1. The first-order valence-electron chi connectivity index (χ1n) is 8.92. The molecule has 0 saturated heterocycles. The Balaban J connectivity index is 1.47. The molecule has 2 amide bonds. The number of anilines is 1. The van der Waals surface area contributed by atoms with Crippen molar-refractivity contribution in [1.82, 2.24) is 20.1 Å². The summed E-state index contributed by atoms with van der Waals surface area (Å²) in [6, 6.07) is 12.9. The number of pyridine rings is 1. The monoisotopic (exact) mass is 393 g/mol. The van der Waals surface area contributed by atoms with Crippen LogP contribution in [0.3, 0.4) is 0 Å². The molecule has 0 spiro atoms. The van der Waals surface area contributed by atoms with E-state index in [9.17, 15) is 13.6 Å². The summed E-state index contributed by atoms with van der Waals surface area (Å²) in [7, 11) is 0. The van der Waals surface area contributed by atoms with Crippen molar-refractivity contribution in [1.29, 1.82) is 0 Å². The van der Waals surface area contributed by atoms with Gasteiger partial charge in [0.05, 0.1) is 29.6 Å². The number of aromatic nitrogens is 3. The first-order valence-corrected chi connectivity index (χ1v) is 8.92. The van der Waals surface area contributed by atoms with E-state index in [1.165, 1.54) is 24.3 Å². The molecule has 1 unspecified atom stereocenters. The Morgan fingerprint density at radius 3 is 2.34 bits per heavy atom. The van der Waals surface area contributed by atoms with E-state index in [-0.39, 0.29) is 17.7 Å². The molecule has 29 heavy (non-hydrogen) atoms. The number of nitrogens with one attached hydrogen (secondary N) is 2. The van der Waals surface area contributed by atoms with Crippen LogP contribution in [0.5, 0.6) is 0 Å². The number of carbonyl (C=O) groups is 1. The lowest BCUT2D eigenvalue weighted by Gasteiger charge is -2.15. The van der Waals surface area contributed by atoms with Gasteiger partial charge in [-0.25, -0.2) is 23.2 Å². The zero-order chi connectivity index (χ0) is 20.4. The Morgan fingerprint density at radius 1 is 1.00 bits per heavy atom. The first-order chi connectivity index (χ1) is 14.0. The first kappa shape index (κ1) is 18.5. The molecule has 2 aromatic heterocycles. The molecule has 0 radical (unpaired) electrons. The van der Waals surface area contributed by atoms with E-state index >= 15 is 0 Å². The molecule has 2 aromatic carbocycles. The molecule has 4 aromatic rings. The summed E-state index contributed by atoms with van der Waals surface area (Å²) in [6.07, 6.45) is 3.23. The molecule has 1 atom stereocenters. The van der Waals surface area contributed by atoms with Crippen molar-refractivity contribution in [2.45, 2.75) is 13.0 Å². The predicted octanol–water partition coefficient (Wildman–Crippen LogP) is 4.58. The van der Waals surface area contributed by atoms with E-state index < -0.39 is 6.03 Å². The predicted molar refractivity (Wildman–Crippen MR) is 106 cm³/mol. The fraction of sp³-hybridized carbons (Fsp3) is 0.0952. The summed E-state index contributed by atoms with van der Waals surface area (Å²) in [5.74, 6) is -0.292. The average molecular weight is 393 g/mol. The number of rotatable bonds is 4. The van der Waals surface area contributed by atoms with Gasteiger partial charge in [-0.2, -0.15) is 5.10 Å². The molecule has 0 aliphatic heterocycles. The molecule has 0 aliphatic carbocycles. The number of hydrogen-bond donors (Lipinski definition) is 2. The average Bonchev–Trinajstić information content (AvgIpc) is 3.12. The summed E-state index contributed by atoms with van der Waals surface area (Å²) < 4.78 is 27.8. The zero-order valence-electron chi connectivity index (χ0n) is 15.4. The van der Waals surface area contributed by atoms with Gasteiger partial charge in [-0.15, -0.1) is 0 Å². The summed E-state index contributed by atoms with van der Waals surface area (Å²) >= 11 is 0. The number of halogens is 2. The van der Waals surface area contributed by atoms with Crippen molar-refractivity contribution >= 4 is 22.8 Å². The highest BCUT2D eigenvalue weighted by atomic mass is 19.1. The third-order valence-corrected chi connectivity index (χ3v) is 4.48. The summed E-state index contributed by atoms with van der Waals surface area (Å²) in [4.78, 5) is 16.5. The molecule has 0 aliphatic rings. The highest BCUT2D eigenvalue weighted by molar-refractivity contribution is 5.91. The molecule has 4 rings (SSSR count). The van der Waals surface area contributed by atoms with Gasteiger partial charge in [0, 0.05) is 5.39 Å². The second-order valence-corrected chi connectivity index (χ2v) is 6.53. The van der Waals surface area contributed by atoms with Gasteiger partial charge in [-0.1, -0.05) is 12.1 Å². The third kappa shape index (κ3) is 4.06. The van der Waals surface area contributed by atoms with E-state index in [1.54, 1.807) is 54.3 Å². The lowest BCUT2D eigenvalue weighted by molar-refractivity contribution is 0.249. The summed E-state index contributed by atoms with van der Waals surface area (Å²) in [5, 5.41) is 10.5. The van der Waals surface area contributed by atoms with Crippen LogP contribution in [0.25, 0.3) is 16.6 Å².